The van der Waals surface area contributed by atoms with Gasteiger partial charge >= 0.3 is 5.97 Å². The minimum Gasteiger partial charge on any atom is -0.466 e. The van der Waals surface area contributed by atoms with Gasteiger partial charge in [-0.3, -0.25) is 4.79 Å². The molecular formula is C16H20N2O3. The molecule has 0 unspecified atom stereocenters. The van der Waals surface area contributed by atoms with Crippen LogP contribution in [0.15, 0.2) is 30.3 Å². The van der Waals surface area contributed by atoms with Crippen LogP contribution in [0.25, 0.3) is 6.08 Å². The minimum absolute atomic E-state index is 0.0617. The van der Waals surface area contributed by atoms with Crippen molar-refractivity contribution < 1.29 is 14.3 Å². The average molecular weight is 288 g/mol. The normalized spacial score (nSPS) is 16.2. The van der Waals surface area contributed by atoms with E-state index in [1.807, 2.05) is 17.0 Å². The lowest BCUT2D eigenvalue weighted by Crippen LogP contribution is -2.47. The van der Waals surface area contributed by atoms with E-state index in [1.54, 1.807) is 18.2 Å². The molecule has 5 heteroatoms. The summed E-state index contributed by atoms with van der Waals surface area (Å²) in [4.78, 5) is 27.5. The number of nitrogens with zero attached hydrogens (tertiary/aromatic N) is 2. The van der Waals surface area contributed by atoms with E-state index in [4.69, 9.17) is 0 Å². The number of hydrogen-bond donors (Lipinski definition) is 0. The van der Waals surface area contributed by atoms with Crippen molar-refractivity contribution in [2.45, 2.75) is 0 Å². The van der Waals surface area contributed by atoms with Gasteiger partial charge in [0, 0.05) is 37.8 Å². The molecule has 1 fully saturated rings. The molecule has 0 radical (unpaired) electrons. The van der Waals surface area contributed by atoms with Gasteiger partial charge in [0.1, 0.15) is 0 Å². The first-order chi connectivity index (χ1) is 10.1. The molecule has 2 rings (SSSR count). The van der Waals surface area contributed by atoms with Crippen LogP contribution in [0.4, 0.5) is 0 Å². The fourth-order valence-corrected chi connectivity index (χ4v) is 2.16. The third-order valence-corrected chi connectivity index (χ3v) is 3.56. The molecule has 1 aromatic rings. The Balaban J connectivity index is 2.00. The van der Waals surface area contributed by atoms with Gasteiger partial charge < -0.3 is 14.5 Å². The highest BCUT2D eigenvalue weighted by molar-refractivity contribution is 5.94. The first kappa shape index (κ1) is 15.3. The number of ether oxygens (including phenoxy) is 1. The number of piperazine rings is 1. The standard InChI is InChI=1S/C16H20N2O3/c1-17-9-11-18(12-10-17)16(20)14-6-3-13(4-7-14)5-8-15(19)21-2/h3-8H,9-12H2,1-2H3/b8-5+. The van der Waals surface area contributed by atoms with Crippen molar-refractivity contribution in [1.29, 1.82) is 0 Å². The number of benzene rings is 1. The monoisotopic (exact) mass is 288 g/mol. The van der Waals surface area contributed by atoms with Crippen LogP contribution >= 0.6 is 0 Å². The highest BCUT2D eigenvalue weighted by Gasteiger charge is 2.19. The van der Waals surface area contributed by atoms with Crippen molar-refractivity contribution in [2.75, 3.05) is 40.3 Å². The molecule has 0 bridgehead atoms. The lowest BCUT2D eigenvalue weighted by Gasteiger charge is -2.32. The molecule has 0 saturated carbocycles. The molecule has 0 N–H and O–H groups in total. The third-order valence-electron chi connectivity index (χ3n) is 3.56. The number of carbonyl (C=O) groups excluding carboxylic acids is 2. The van der Waals surface area contributed by atoms with E-state index in [0.29, 0.717) is 5.56 Å². The number of methoxy groups -OCH3 is 1. The fourth-order valence-electron chi connectivity index (χ4n) is 2.16. The Morgan fingerprint density at radius 2 is 1.71 bits per heavy atom. The predicted molar refractivity (Wildman–Crippen MR) is 80.9 cm³/mol. The highest BCUT2D eigenvalue weighted by Crippen LogP contribution is 2.11. The van der Waals surface area contributed by atoms with Gasteiger partial charge in [-0.05, 0) is 30.8 Å². The van der Waals surface area contributed by atoms with Crippen LogP contribution in [0.2, 0.25) is 0 Å². The Morgan fingerprint density at radius 3 is 2.29 bits per heavy atom. The molecule has 5 nitrogen and oxygen atoms in total. The second-order valence-corrected chi connectivity index (χ2v) is 5.07. The van der Waals surface area contributed by atoms with Crippen LogP contribution in [0.5, 0.6) is 0 Å². The van der Waals surface area contributed by atoms with Crippen molar-refractivity contribution in [3.63, 3.8) is 0 Å². The van der Waals surface area contributed by atoms with E-state index in [9.17, 15) is 9.59 Å². The zero-order valence-electron chi connectivity index (χ0n) is 12.4. The Labute approximate surface area is 124 Å². The van der Waals surface area contributed by atoms with E-state index >= 15 is 0 Å². The molecule has 0 spiro atoms. The van der Waals surface area contributed by atoms with Gasteiger partial charge in [-0.25, -0.2) is 4.79 Å². The Kier molecular flexibility index (Phi) is 5.11. The maximum absolute atomic E-state index is 12.3. The summed E-state index contributed by atoms with van der Waals surface area (Å²) < 4.78 is 4.53. The quantitative estimate of drug-likeness (QED) is 0.620. The molecule has 1 aliphatic rings. The topological polar surface area (TPSA) is 49.9 Å². The van der Waals surface area contributed by atoms with Gasteiger partial charge in [0.25, 0.3) is 5.91 Å². The number of carbonyl (C=O) groups is 2. The van der Waals surface area contributed by atoms with E-state index < -0.39 is 5.97 Å². The first-order valence-electron chi connectivity index (χ1n) is 6.94. The lowest BCUT2D eigenvalue weighted by atomic mass is 10.1. The molecule has 0 atom stereocenters. The molecule has 1 heterocycles. The van der Waals surface area contributed by atoms with Crippen LogP contribution < -0.4 is 0 Å². The van der Waals surface area contributed by atoms with E-state index in [2.05, 4.69) is 16.7 Å². The van der Waals surface area contributed by atoms with Crippen LogP contribution in [0.1, 0.15) is 15.9 Å². The summed E-state index contributed by atoms with van der Waals surface area (Å²) in [6.07, 6.45) is 3.02. The third kappa shape index (κ3) is 4.16. The molecule has 1 aromatic carbocycles. The molecule has 21 heavy (non-hydrogen) atoms. The smallest absolute Gasteiger partial charge is 0.330 e. The zero-order chi connectivity index (χ0) is 15.2. The zero-order valence-corrected chi connectivity index (χ0v) is 12.4. The number of esters is 1. The first-order valence-corrected chi connectivity index (χ1v) is 6.94. The lowest BCUT2D eigenvalue weighted by molar-refractivity contribution is -0.134. The van der Waals surface area contributed by atoms with Crippen LogP contribution in [0, 0.1) is 0 Å². The van der Waals surface area contributed by atoms with Crippen molar-refractivity contribution in [3.8, 4) is 0 Å². The van der Waals surface area contributed by atoms with E-state index in [-0.39, 0.29) is 5.91 Å². The molecule has 112 valence electrons. The van der Waals surface area contributed by atoms with Crippen molar-refractivity contribution in [3.05, 3.63) is 41.5 Å². The summed E-state index contributed by atoms with van der Waals surface area (Å²) in [7, 11) is 3.40. The number of likely N-dealkylation sites (N-methyl/N-ethyl adjacent to an activating group) is 1. The van der Waals surface area contributed by atoms with Crippen LogP contribution in [-0.4, -0.2) is 62.0 Å². The van der Waals surface area contributed by atoms with E-state index in [1.165, 1.54) is 13.2 Å². The molecule has 0 aromatic heterocycles. The molecule has 1 amide bonds. The number of rotatable bonds is 3. The van der Waals surface area contributed by atoms with Crippen molar-refractivity contribution in [2.24, 2.45) is 0 Å². The van der Waals surface area contributed by atoms with Gasteiger partial charge in [-0.1, -0.05) is 12.1 Å². The van der Waals surface area contributed by atoms with E-state index in [0.717, 1.165) is 31.7 Å². The maximum atomic E-state index is 12.3. The van der Waals surface area contributed by atoms with Gasteiger partial charge in [0.2, 0.25) is 0 Å². The molecule has 0 aliphatic carbocycles. The fraction of sp³-hybridized carbons (Fsp3) is 0.375. The summed E-state index contributed by atoms with van der Waals surface area (Å²) in [5.74, 6) is -0.334. The minimum atomic E-state index is -0.396. The van der Waals surface area contributed by atoms with Crippen LogP contribution in [0.3, 0.4) is 0 Å². The molecule has 1 saturated heterocycles. The van der Waals surface area contributed by atoms with Gasteiger partial charge in [-0.2, -0.15) is 0 Å². The summed E-state index contributed by atoms with van der Waals surface area (Å²) in [5, 5.41) is 0. The van der Waals surface area contributed by atoms with Crippen molar-refractivity contribution >= 4 is 18.0 Å². The van der Waals surface area contributed by atoms with Crippen LogP contribution in [-0.2, 0) is 9.53 Å². The summed E-state index contributed by atoms with van der Waals surface area (Å²) in [5.41, 5.74) is 1.53. The number of amides is 1. The predicted octanol–water partition coefficient (Wildman–Crippen LogP) is 1.26. The molecule has 1 aliphatic heterocycles. The number of hydrogen-bond acceptors (Lipinski definition) is 4. The van der Waals surface area contributed by atoms with Gasteiger partial charge in [0.15, 0.2) is 0 Å². The summed E-state index contributed by atoms with van der Waals surface area (Å²) >= 11 is 0. The maximum Gasteiger partial charge on any atom is 0.330 e. The average Bonchev–Trinajstić information content (AvgIpc) is 2.53. The van der Waals surface area contributed by atoms with Crippen molar-refractivity contribution in [1.82, 2.24) is 9.80 Å². The van der Waals surface area contributed by atoms with Gasteiger partial charge in [-0.15, -0.1) is 0 Å². The Morgan fingerprint density at radius 1 is 1.10 bits per heavy atom. The second-order valence-electron chi connectivity index (χ2n) is 5.07. The Bertz CT molecular complexity index is 529. The SMILES string of the molecule is COC(=O)/C=C/c1ccc(C(=O)N2CCN(C)CC2)cc1. The van der Waals surface area contributed by atoms with Gasteiger partial charge in [0.05, 0.1) is 7.11 Å². The molecular weight excluding hydrogens is 268 g/mol. The second kappa shape index (κ2) is 7.04. The largest absolute Gasteiger partial charge is 0.466 e. The summed E-state index contributed by atoms with van der Waals surface area (Å²) in [6, 6.07) is 7.22. The highest BCUT2D eigenvalue weighted by atomic mass is 16.5. The Hall–Kier alpha value is -2.14. The summed E-state index contributed by atoms with van der Waals surface area (Å²) in [6.45, 7) is 3.34.